The predicted molar refractivity (Wildman–Crippen MR) is 95.8 cm³/mol. The summed E-state index contributed by atoms with van der Waals surface area (Å²) in [6.07, 6.45) is 0.984. The summed E-state index contributed by atoms with van der Waals surface area (Å²) >= 11 is 0. The Bertz CT molecular complexity index is 595. The van der Waals surface area contributed by atoms with Crippen LogP contribution in [0.4, 0.5) is 0 Å². The van der Waals surface area contributed by atoms with E-state index < -0.39 is 0 Å². The molecule has 3 amide bonds. The number of carbonyl (C=O) groups excluding carboxylic acids is 3. The van der Waals surface area contributed by atoms with E-state index in [1.165, 1.54) is 0 Å². The van der Waals surface area contributed by atoms with Gasteiger partial charge in [0.05, 0.1) is 0 Å². The van der Waals surface area contributed by atoms with Crippen LogP contribution in [0.5, 0.6) is 0 Å². The lowest BCUT2D eigenvalue weighted by molar-refractivity contribution is -0.138. The summed E-state index contributed by atoms with van der Waals surface area (Å²) in [5, 5.41) is 2.85. The van der Waals surface area contributed by atoms with E-state index in [0.717, 1.165) is 5.56 Å². The number of carbonyl (C=O) groups is 3. The number of amides is 3. The molecule has 0 bridgehead atoms. The van der Waals surface area contributed by atoms with Gasteiger partial charge >= 0.3 is 0 Å². The Kier molecular flexibility index (Phi) is 6.98. The minimum atomic E-state index is -0.128. The summed E-state index contributed by atoms with van der Waals surface area (Å²) in [5.41, 5.74) is 1.13. The second-order valence-corrected chi connectivity index (χ2v) is 6.52. The number of hydrogen-bond donors (Lipinski definition) is 1. The minimum Gasteiger partial charge on any atom is -0.355 e. The van der Waals surface area contributed by atoms with Gasteiger partial charge in [-0.2, -0.15) is 0 Å². The number of piperazine rings is 1. The lowest BCUT2D eigenvalue weighted by Gasteiger charge is -2.34. The van der Waals surface area contributed by atoms with Crippen LogP contribution in [0.25, 0.3) is 0 Å². The maximum Gasteiger partial charge on any atom is 0.224 e. The van der Waals surface area contributed by atoms with Crippen LogP contribution in [0.15, 0.2) is 30.3 Å². The Labute approximate surface area is 149 Å². The Morgan fingerprint density at radius 1 is 1.04 bits per heavy atom. The van der Waals surface area contributed by atoms with Crippen molar-refractivity contribution in [3.05, 3.63) is 35.9 Å². The van der Waals surface area contributed by atoms with Crippen molar-refractivity contribution in [2.75, 3.05) is 32.7 Å². The summed E-state index contributed by atoms with van der Waals surface area (Å²) in [5.74, 6) is -0.0827. The molecule has 1 fully saturated rings. The van der Waals surface area contributed by atoms with E-state index in [9.17, 15) is 14.4 Å². The van der Waals surface area contributed by atoms with Crippen molar-refractivity contribution in [1.29, 1.82) is 0 Å². The molecule has 1 aliphatic heterocycles. The molecule has 1 unspecified atom stereocenters. The summed E-state index contributed by atoms with van der Waals surface area (Å²) in [6, 6.07) is 9.90. The molecule has 1 saturated heterocycles. The molecule has 1 aromatic rings. The van der Waals surface area contributed by atoms with Crippen LogP contribution >= 0.6 is 0 Å². The zero-order valence-electron chi connectivity index (χ0n) is 15.0. The molecule has 0 aliphatic carbocycles. The van der Waals surface area contributed by atoms with Gasteiger partial charge in [0.15, 0.2) is 0 Å². The predicted octanol–water partition coefficient (Wildman–Crippen LogP) is 1.06. The van der Waals surface area contributed by atoms with Crippen molar-refractivity contribution < 1.29 is 14.4 Å². The molecule has 1 atom stereocenters. The monoisotopic (exact) mass is 345 g/mol. The second-order valence-electron chi connectivity index (χ2n) is 6.52. The van der Waals surface area contributed by atoms with Gasteiger partial charge in [-0.15, -0.1) is 0 Å². The largest absolute Gasteiger partial charge is 0.355 e. The topological polar surface area (TPSA) is 69.7 Å². The number of nitrogens with one attached hydrogen (secondary N) is 1. The molecule has 0 radical (unpaired) electrons. The Hall–Kier alpha value is -2.37. The highest BCUT2D eigenvalue weighted by molar-refractivity contribution is 5.80. The first-order chi connectivity index (χ1) is 12.0. The van der Waals surface area contributed by atoms with Gasteiger partial charge in [0, 0.05) is 52.0 Å². The standard InChI is InChI=1S/C19H27N3O3/c1-15(14-17-6-4-3-5-7-17)19(25)20-9-8-18(24)22-12-10-21(11-13-22)16(2)23/h3-7,15H,8-14H2,1-2H3,(H,20,25). The average molecular weight is 345 g/mol. The highest BCUT2D eigenvalue weighted by atomic mass is 16.2. The van der Waals surface area contributed by atoms with Crippen molar-refractivity contribution in [3.8, 4) is 0 Å². The van der Waals surface area contributed by atoms with Crippen LogP contribution in [0.1, 0.15) is 25.8 Å². The lowest BCUT2D eigenvalue weighted by Crippen LogP contribution is -2.50. The first-order valence-corrected chi connectivity index (χ1v) is 8.82. The molecule has 6 nitrogen and oxygen atoms in total. The average Bonchev–Trinajstić information content (AvgIpc) is 2.62. The SMILES string of the molecule is CC(=O)N1CCN(C(=O)CCNC(=O)C(C)Cc2ccccc2)CC1. The number of rotatable bonds is 6. The summed E-state index contributed by atoms with van der Waals surface area (Å²) in [7, 11) is 0. The third kappa shape index (κ3) is 5.89. The van der Waals surface area contributed by atoms with Gasteiger partial charge in [-0.1, -0.05) is 37.3 Å². The molecule has 0 aromatic heterocycles. The maximum absolute atomic E-state index is 12.2. The molecule has 2 rings (SSSR count). The molecule has 25 heavy (non-hydrogen) atoms. The van der Waals surface area contributed by atoms with Crippen molar-refractivity contribution in [2.45, 2.75) is 26.7 Å². The Morgan fingerprint density at radius 3 is 2.24 bits per heavy atom. The second kappa shape index (κ2) is 9.20. The molecule has 1 N–H and O–H groups in total. The first-order valence-electron chi connectivity index (χ1n) is 8.82. The Balaban J connectivity index is 1.67. The number of hydrogen-bond acceptors (Lipinski definition) is 3. The third-order valence-electron chi connectivity index (χ3n) is 4.55. The van der Waals surface area contributed by atoms with Gasteiger partial charge in [-0.05, 0) is 12.0 Å². The summed E-state index contributed by atoms with van der Waals surface area (Å²) < 4.78 is 0. The first kappa shape index (κ1) is 19.0. The molecule has 0 saturated carbocycles. The van der Waals surface area contributed by atoms with Crippen molar-refractivity contribution in [3.63, 3.8) is 0 Å². The smallest absolute Gasteiger partial charge is 0.224 e. The van der Waals surface area contributed by atoms with E-state index >= 15 is 0 Å². The van der Waals surface area contributed by atoms with E-state index in [-0.39, 0.29) is 23.6 Å². The fraction of sp³-hybridized carbons (Fsp3) is 0.526. The van der Waals surface area contributed by atoms with Gasteiger partial charge in [0.2, 0.25) is 17.7 Å². The molecule has 136 valence electrons. The normalized spacial score (nSPS) is 15.6. The van der Waals surface area contributed by atoms with E-state index in [1.54, 1.807) is 16.7 Å². The zero-order chi connectivity index (χ0) is 18.2. The lowest BCUT2D eigenvalue weighted by atomic mass is 10.0. The van der Waals surface area contributed by atoms with Gasteiger partial charge in [-0.3, -0.25) is 14.4 Å². The molecular weight excluding hydrogens is 318 g/mol. The van der Waals surface area contributed by atoms with Crippen LogP contribution in [0.2, 0.25) is 0 Å². The third-order valence-corrected chi connectivity index (χ3v) is 4.55. The minimum absolute atomic E-state index is 0.0271. The van der Waals surface area contributed by atoms with E-state index in [1.807, 2.05) is 37.3 Å². The quantitative estimate of drug-likeness (QED) is 0.838. The number of nitrogens with zero attached hydrogens (tertiary/aromatic N) is 2. The van der Waals surface area contributed by atoms with E-state index in [4.69, 9.17) is 0 Å². The number of benzene rings is 1. The molecule has 1 heterocycles. The van der Waals surface area contributed by atoms with Crippen LogP contribution < -0.4 is 5.32 Å². The van der Waals surface area contributed by atoms with Crippen LogP contribution in [-0.2, 0) is 20.8 Å². The van der Waals surface area contributed by atoms with Crippen LogP contribution in [0, 0.1) is 5.92 Å². The van der Waals surface area contributed by atoms with Crippen molar-refractivity contribution >= 4 is 17.7 Å². The van der Waals surface area contributed by atoms with Gasteiger partial charge in [-0.25, -0.2) is 0 Å². The molecule has 0 spiro atoms. The fourth-order valence-corrected chi connectivity index (χ4v) is 2.96. The molecule has 1 aromatic carbocycles. The van der Waals surface area contributed by atoms with Crippen LogP contribution in [0.3, 0.4) is 0 Å². The molecule has 6 heteroatoms. The van der Waals surface area contributed by atoms with Crippen molar-refractivity contribution in [1.82, 2.24) is 15.1 Å². The highest BCUT2D eigenvalue weighted by Crippen LogP contribution is 2.08. The fourth-order valence-electron chi connectivity index (χ4n) is 2.96. The zero-order valence-corrected chi connectivity index (χ0v) is 15.0. The van der Waals surface area contributed by atoms with Gasteiger partial charge < -0.3 is 15.1 Å². The highest BCUT2D eigenvalue weighted by Gasteiger charge is 2.22. The van der Waals surface area contributed by atoms with Crippen molar-refractivity contribution in [2.24, 2.45) is 5.92 Å². The molecule has 1 aliphatic rings. The molecular formula is C19H27N3O3. The summed E-state index contributed by atoms with van der Waals surface area (Å²) in [6.45, 7) is 6.09. The summed E-state index contributed by atoms with van der Waals surface area (Å²) in [4.78, 5) is 39.1. The Morgan fingerprint density at radius 2 is 1.64 bits per heavy atom. The van der Waals surface area contributed by atoms with Gasteiger partial charge in [0.25, 0.3) is 0 Å². The van der Waals surface area contributed by atoms with E-state index in [2.05, 4.69) is 5.32 Å². The van der Waals surface area contributed by atoms with E-state index in [0.29, 0.717) is 45.6 Å². The van der Waals surface area contributed by atoms with Crippen LogP contribution in [-0.4, -0.2) is 60.2 Å². The van der Waals surface area contributed by atoms with Gasteiger partial charge in [0.1, 0.15) is 0 Å². The maximum atomic E-state index is 12.2.